The van der Waals surface area contributed by atoms with Gasteiger partial charge in [-0.3, -0.25) is 24.1 Å². The van der Waals surface area contributed by atoms with E-state index >= 15 is 0 Å². The van der Waals surface area contributed by atoms with E-state index in [9.17, 15) is 19.2 Å². The standard InChI is InChI=1S/C37H51N5O6/c1-8-24(4)32-35(44)38-18-16-26-14-15-27(22-31(26)47-7)48-30-17-19-42(33(30)36(45)40-32)37(46)28(20-23(2)3)39-34(43)29(41(5)6)21-25-12-10-9-11-13-25/h9-16,18,22-24,28-30,32-33H,8,17,19-21H2,1-7H3,(H,38,44)(H,39,43)(H,40,45). The summed E-state index contributed by atoms with van der Waals surface area (Å²) in [5, 5.41) is 8.79. The quantitative estimate of drug-likeness (QED) is 0.337. The van der Waals surface area contributed by atoms with Crippen molar-refractivity contribution in [2.24, 2.45) is 11.8 Å². The smallest absolute Gasteiger partial charge is 0.247 e. The van der Waals surface area contributed by atoms with Gasteiger partial charge in [-0.1, -0.05) is 64.4 Å². The Morgan fingerprint density at radius 3 is 2.46 bits per heavy atom. The minimum Gasteiger partial charge on any atom is -0.496 e. The number of carbonyl (C=O) groups excluding carboxylic acids is 4. The van der Waals surface area contributed by atoms with Crippen LogP contribution in [0.25, 0.3) is 6.08 Å². The molecule has 0 spiro atoms. The highest BCUT2D eigenvalue weighted by Crippen LogP contribution is 2.31. The molecule has 0 saturated carbocycles. The lowest BCUT2D eigenvalue weighted by molar-refractivity contribution is -0.144. The van der Waals surface area contributed by atoms with E-state index in [4.69, 9.17) is 9.47 Å². The van der Waals surface area contributed by atoms with Crippen LogP contribution in [0.5, 0.6) is 11.5 Å². The SMILES string of the molecule is CCC(C)C1NC(=O)C2C(CCN2C(=O)C(CC(C)C)NC(=O)C(Cc2ccccc2)N(C)C)Oc2ccc(c(OC)c2)C=CNC1=O. The van der Waals surface area contributed by atoms with Crippen molar-refractivity contribution in [3.63, 3.8) is 0 Å². The molecule has 3 N–H and O–H groups in total. The van der Waals surface area contributed by atoms with Crippen molar-refractivity contribution in [3.8, 4) is 11.5 Å². The molecule has 0 aliphatic carbocycles. The number of ether oxygens (including phenoxy) is 2. The molecule has 48 heavy (non-hydrogen) atoms. The zero-order valence-electron chi connectivity index (χ0n) is 29.2. The molecule has 1 saturated heterocycles. The van der Waals surface area contributed by atoms with E-state index in [0.717, 1.165) is 11.1 Å². The molecule has 2 bridgehead atoms. The summed E-state index contributed by atoms with van der Waals surface area (Å²) in [6, 6.07) is 11.8. The molecule has 1 fully saturated rings. The zero-order valence-corrected chi connectivity index (χ0v) is 29.2. The predicted molar refractivity (Wildman–Crippen MR) is 185 cm³/mol. The zero-order chi connectivity index (χ0) is 35.0. The van der Waals surface area contributed by atoms with E-state index in [1.54, 1.807) is 25.3 Å². The molecule has 4 amide bonds. The highest BCUT2D eigenvalue weighted by atomic mass is 16.5. The summed E-state index contributed by atoms with van der Waals surface area (Å²) in [5.41, 5.74) is 1.75. The lowest BCUT2D eigenvalue weighted by atomic mass is 9.97. The van der Waals surface area contributed by atoms with Crippen molar-refractivity contribution in [1.82, 2.24) is 25.8 Å². The van der Waals surface area contributed by atoms with Crippen molar-refractivity contribution in [1.29, 1.82) is 0 Å². The molecule has 5 rings (SSSR count). The largest absolute Gasteiger partial charge is 0.496 e. The van der Waals surface area contributed by atoms with Crippen molar-refractivity contribution >= 4 is 29.7 Å². The molecule has 11 nitrogen and oxygen atoms in total. The number of amides is 4. The van der Waals surface area contributed by atoms with Gasteiger partial charge >= 0.3 is 0 Å². The Labute approximate surface area is 284 Å². The molecule has 6 unspecified atom stereocenters. The Balaban J connectivity index is 1.67. The minimum atomic E-state index is -1.04. The Morgan fingerprint density at radius 1 is 1.08 bits per heavy atom. The van der Waals surface area contributed by atoms with Gasteiger partial charge in [-0.2, -0.15) is 0 Å². The molecular formula is C37H51N5O6. The highest BCUT2D eigenvalue weighted by molar-refractivity contribution is 5.96. The predicted octanol–water partition coefficient (Wildman–Crippen LogP) is 3.38. The third kappa shape index (κ3) is 8.94. The van der Waals surface area contributed by atoms with Gasteiger partial charge in [0.1, 0.15) is 35.7 Å². The number of carbonyl (C=O) groups is 4. The number of methoxy groups -OCH3 is 1. The maximum Gasteiger partial charge on any atom is 0.247 e. The van der Waals surface area contributed by atoms with Crippen LogP contribution in [0.2, 0.25) is 0 Å². The van der Waals surface area contributed by atoms with Crippen molar-refractivity contribution < 1.29 is 28.7 Å². The van der Waals surface area contributed by atoms with Crippen molar-refractivity contribution in [3.05, 3.63) is 65.9 Å². The molecule has 11 heteroatoms. The molecule has 3 aliphatic heterocycles. The molecule has 3 aliphatic rings. The Hall–Kier alpha value is -4.38. The molecule has 2 aromatic carbocycles. The second-order valence-electron chi connectivity index (χ2n) is 13.4. The number of likely N-dealkylation sites (N-methyl/N-ethyl adjacent to an activating group) is 1. The molecule has 0 aromatic heterocycles. The maximum atomic E-state index is 14.5. The molecular weight excluding hydrogens is 610 g/mol. The van der Waals surface area contributed by atoms with Crippen LogP contribution in [0.15, 0.2) is 54.7 Å². The number of benzene rings is 2. The van der Waals surface area contributed by atoms with Gasteiger partial charge in [-0.15, -0.1) is 0 Å². The van der Waals surface area contributed by atoms with Gasteiger partial charge in [0.05, 0.1) is 13.2 Å². The highest BCUT2D eigenvalue weighted by Gasteiger charge is 2.46. The number of nitrogens with one attached hydrogen (secondary N) is 3. The third-order valence-electron chi connectivity index (χ3n) is 9.19. The van der Waals surface area contributed by atoms with Crippen LogP contribution in [-0.4, -0.2) is 91.4 Å². The number of hydrogen-bond acceptors (Lipinski definition) is 7. The Bertz CT molecular complexity index is 1460. The Morgan fingerprint density at radius 2 is 1.81 bits per heavy atom. The van der Waals surface area contributed by atoms with Crippen LogP contribution >= 0.6 is 0 Å². The van der Waals surface area contributed by atoms with Crippen molar-refractivity contribution in [2.45, 2.75) is 83.6 Å². The van der Waals surface area contributed by atoms with E-state index in [1.807, 2.05) is 83.1 Å². The average molecular weight is 662 g/mol. The lowest BCUT2D eigenvalue weighted by Crippen LogP contribution is -2.60. The summed E-state index contributed by atoms with van der Waals surface area (Å²) in [6.45, 7) is 8.07. The summed E-state index contributed by atoms with van der Waals surface area (Å²) in [7, 11) is 5.23. The topological polar surface area (TPSA) is 129 Å². The van der Waals surface area contributed by atoms with Crippen LogP contribution < -0.4 is 25.4 Å². The van der Waals surface area contributed by atoms with Crippen LogP contribution in [0.3, 0.4) is 0 Å². The van der Waals surface area contributed by atoms with Gasteiger partial charge < -0.3 is 30.3 Å². The van der Waals surface area contributed by atoms with E-state index < -0.39 is 36.2 Å². The first-order valence-corrected chi connectivity index (χ1v) is 16.9. The fraction of sp³-hybridized carbons (Fsp3) is 0.514. The number of nitrogens with zero attached hydrogens (tertiary/aromatic N) is 2. The fourth-order valence-electron chi connectivity index (χ4n) is 6.27. The van der Waals surface area contributed by atoms with Gasteiger partial charge in [0.2, 0.25) is 23.6 Å². The maximum absolute atomic E-state index is 14.5. The molecule has 0 radical (unpaired) electrons. The van der Waals surface area contributed by atoms with Crippen LogP contribution in [-0.2, 0) is 25.6 Å². The van der Waals surface area contributed by atoms with Crippen LogP contribution in [0, 0.1) is 11.8 Å². The first-order chi connectivity index (χ1) is 22.9. The molecule has 3 heterocycles. The van der Waals surface area contributed by atoms with Gasteiger partial charge in [0.15, 0.2) is 0 Å². The first-order valence-electron chi connectivity index (χ1n) is 16.9. The molecule has 260 valence electrons. The Kier molecular flexibility index (Phi) is 12.6. The molecule has 2 aromatic rings. The number of fused-ring (bicyclic) bond motifs is 7. The van der Waals surface area contributed by atoms with Gasteiger partial charge in [-0.05, 0) is 62.5 Å². The minimum absolute atomic E-state index is 0.0798. The number of rotatable bonds is 11. The monoisotopic (exact) mass is 661 g/mol. The fourth-order valence-corrected chi connectivity index (χ4v) is 6.27. The van der Waals surface area contributed by atoms with Crippen molar-refractivity contribution in [2.75, 3.05) is 27.7 Å². The number of hydrogen-bond donors (Lipinski definition) is 3. The summed E-state index contributed by atoms with van der Waals surface area (Å²) in [6.07, 6.45) is 4.43. The number of likely N-dealkylation sites (tertiary alicyclic amines) is 1. The lowest BCUT2D eigenvalue weighted by Gasteiger charge is -2.34. The van der Waals surface area contributed by atoms with E-state index in [-0.39, 0.29) is 36.1 Å². The van der Waals surface area contributed by atoms with E-state index in [2.05, 4.69) is 16.0 Å². The van der Waals surface area contributed by atoms with E-state index in [1.165, 1.54) is 11.1 Å². The first kappa shape index (κ1) is 36.5. The summed E-state index contributed by atoms with van der Waals surface area (Å²) >= 11 is 0. The van der Waals surface area contributed by atoms with Gasteiger partial charge in [0.25, 0.3) is 0 Å². The second-order valence-corrected chi connectivity index (χ2v) is 13.4. The van der Waals surface area contributed by atoms with Crippen LogP contribution in [0.1, 0.15) is 58.1 Å². The second kappa shape index (κ2) is 16.6. The summed E-state index contributed by atoms with van der Waals surface area (Å²) in [5.74, 6) is -0.562. The summed E-state index contributed by atoms with van der Waals surface area (Å²) in [4.78, 5) is 59.2. The van der Waals surface area contributed by atoms with Gasteiger partial charge in [-0.25, -0.2) is 0 Å². The van der Waals surface area contributed by atoms with Gasteiger partial charge in [0, 0.05) is 30.8 Å². The molecule has 6 atom stereocenters. The van der Waals surface area contributed by atoms with Crippen LogP contribution in [0.4, 0.5) is 0 Å². The van der Waals surface area contributed by atoms with E-state index in [0.29, 0.717) is 37.2 Å². The third-order valence-corrected chi connectivity index (χ3v) is 9.19. The normalized spacial score (nSPS) is 21.4. The average Bonchev–Trinajstić information content (AvgIpc) is 3.48. The summed E-state index contributed by atoms with van der Waals surface area (Å²) < 4.78 is 12.0.